The molecule has 4 bridgehead atoms. The first kappa shape index (κ1) is 24.3. The van der Waals surface area contributed by atoms with Gasteiger partial charge in [-0.3, -0.25) is 9.13 Å². The molecule has 7 rings (SSSR count). The molecule has 0 amide bonds. The van der Waals surface area contributed by atoms with Gasteiger partial charge in [0.05, 0.1) is 6.10 Å². The van der Waals surface area contributed by atoms with Crippen LogP contribution in [0, 0.1) is 17.8 Å². The molecule has 0 radical (unpaired) electrons. The monoisotopic (exact) mass is 491 g/mol. The lowest BCUT2D eigenvalue weighted by Crippen LogP contribution is -2.54. The highest BCUT2D eigenvalue weighted by atomic mass is 16.5. The van der Waals surface area contributed by atoms with Crippen molar-refractivity contribution in [3.05, 3.63) is 52.7 Å². The molecule has 1 aromatic heterocycles. The van der Waals surface area contributed by atoms with E-state index in [1.807, 2.05) is 4.57 Å². The molecule has 5 nitrogen and oxygen atoms in total. The summed E-state index contributed by atoms with van der Waals surface area (Å²) < 4.78 is 10.2. The number of benzene rings is 1. The summed E-state index contributed by atoms with van der Waals surface area (Å²) in [5.41, 5.74) is 1.77. The van der Waals surface area contributed by atoms with Crippen LogP contribution in [-0.4, -0.2) is 39.8 Å². The fraction of sp³-hybridized carbons (Fsp3) is 0.710. The molecule has 0 spiro atoms. The Bertz CT molecular complexity index is 1060. The predicted molar refractivity (Wildman–Crippen MR) is 145 cm³/mol. The zero-order chi connectivity index (χ0) is 24.7. The maximum absolute atomic E-state index is 13.4. The van der Waals surface area contributed by atoms with Crippen LogP contribution in [0.4, 0.5) is 0 Å². The van der Waals surface area contributed by atoms with Crippen molar-refractivity contribution < 1.29 is 4.74 Å². The lowest BCUT2D eigenvalue weighted by Gasteiger charge is -2.56. The molecule has 0 unspecified atom stereocenters. The molecule has 4 saturated carbocycles. The van der Waals surface area contributed by atoms with Crippen molar-refractivity contribution >= 4 is 0 Å². The SMILES string of the molecule is CC(C)Oc1ccccc1C1CCN(CCCCn2ccn(C34CC5CC(CC(C5)C3)C4)c2=O)CC1. The van der Waals surface area contributed by atoms with E-state index >= 15 is 0 Å². The summed E-state index contributed by atoms with van der Waals surface area (Å²) >= 11 is 0. The van der Waals surface area contributed by atoms with Crippen LogP contribution in [0.1, 0.15) is 89.5 Å². The zero-order valence-corrected chi connectivity index (χ0v) is 22.4. The number of hydrogen-bond acceptors (Lipinski definition) is 3. The predicted octanol–water partition coefficient (Wildman–Crippen LogP) is 6.02. The molecule has 0 N–H and O–H groups in total. The number of nitrogens with zero attached hydrogens (tertiary/aromatic N) is 3. The van der Waals surface area contributed by atoms with E-state index in [0.717, 1.165) is 62.5 Å². The minimum atomic E-state index is 0.139. The highest BCUT2D eigenvalue weighted by Crippen LogP contribution is 2.58. The lowest BCUT2D eigenvalue weighted by atomic mass is 9.53. The summed E-state index contributed by atoms with van der Waals surface area (Å²) in [6, 6.07) is 8.61. The molecule has 1 saturated heterocycles. The maximum Gasteiger partial charge on any atom is 0.328 e. The topological polar surface area (TPSA) is 39.4 Å². The number of ether oxygens (including phenoxy) is 1. The Morgan fingerprint density at radius 1 is 0.917 bits per heavy atom. The molecule has 0 atom stereocenters. The van der Waals surface area contributed by atoms with Gasteiger partial charge >= 0.3 is 5.69 Å². The van der Waals surface area contributed by atoms with E-state index < -0.39 is 0 Å². The van der Waals surface area contributed by atoms with Crippen molar-refractivity contribution in [1.29, 1.82) is 0 Å². The van der Waals surface area contributed by atoms with E-state index in [0.29, 0.717) is 5.92 Å². The first-order chi connectivity index (χ1) is 17.5. The van der Waals surface area contributed by atoms with Gasteiger partial charge in [-0.05, 0) is 133 Å². The van der Waals surface area contributed by atoms with Gasteiger partial charge in [-0.1, -0.05) is 18.2 Å². The summed E-state index contributed by atoms with van der Waals surface area (Å²) in [7, 11) is 0. The van der Waals surface area contributed by atoms with Gasteiger partial charge in [-0.2, -0.15) is 0 Å². The van der Waals surface area contributed by atoms with Crippen molar-refractivity contribution in [3.8, 4) is 5.75 Å². The zero-order valence-electron chi connectivity index (χ0n) is 22.4. The van der Waals surface area contributed by atoms with Crippen molar-refractivity contribution in [2.75, 3.05) is 19.6 Å². The van der Waals surface area contributed by atoms with E-state index in [1.165, 1.54) is 56.9 Å². The molecule has 5 heteroatoms. The second-order valence-corrected chi connectivity index (χ2v) is 12.8. The number of unbranched alkanes of at least 4 members (excludes halogenated alkanes) is 1. The number of aromatic nitrogens is 2. The second kappa shape index (κ2) is 10.0. The smallest absolute Gasteiger partial charge is 0.328 e. The number of piperidine rings is 1. The van der Waals surface area contributed by atoms with E-state index in [4.69, 9.17) is 4.74 Å². The van der Waals surface area contributed by atoms with Gasteiger partial charge in [-0.15, -0.1) is 0 Å². The third-order valence-corrected chi connectivity index (χ3v) is 9.80. The normalized spacial score (nSPS) is 30.4. The second-order valence-electron chi connectivity index (χ2n) is 12.8. The molecule has 2 heterocycles. The van der Waals surface area contributed by atoms with Crippen molar-refractivity contribution in [2.45, 2.75) is 102 Å². The summed E-state index contributed by atoms with van der Waals surface area (Å²) in [4.78, 5) is 16.0. The van der Waals surface area contributed by atoms with Gasteiger partial charge in [0.25, 0.3) is 0 Å². The van der Waals surface area contributed by atoms with Crippen LogP contribution in [-0.2, 0) is 12.1 Å². The Labute approximate surface area is 216 Å². The van der Waals surface area contributed by atoms with Gasteiger partial charge in [-0.25, -0.2) is 4.79 Å². The van der Waals surface area contributed by atoms with Gasteiger partial charge < -0.3 is 9.64 Å². The van der Waals surface area contributed by atoms with Gasteiger partial charge in [0.15, 0.2) is 0 Å². The molecule has 2 aromatic rings. The third kappa shape index (κ3) is 4.80. The van der Waals surface area contributed by atoms with Crippen LogP contribution in [0.3, 0.4) is 0 Å². The molecule has 1 aromatic carbocycles. The van der Waals surface area contributed by atoms with Crippen LogP contribution in [0.2, 0.25) is 0 Å². The van der Waals surface area contributed by atoms with Gasteiger partial charge in [0.1, 0.15) is 5.75 Å². The first-order valence-electron chi connectivity index (χ1n) is 14.8. The number of likely N-dealkylation sites (tertiary alicyclic amines) is 1. The van der Waals surface area contributed by atoms with Crippen molar-refractivity contribution in [3.63, 3.8) is 0 Å². The Kier molecular flexibility index (Phi) is 6.79. The number of para-hydroxylation sites is 1. The van der Waals surface area contributed by atoms with Crippen LogP contribution in [0.5, 0.6) is 5.75 Å². The van der Waals surface area contributed by atoms with E-state index in [1.54, 1.807) is 0 Å². The van der Waals surface area contributed by atoms with E-state index in [9.17, 15) is 4.79 Å². The maximum atomic E-state index is 13.4. The lowest BCUT2D eigenvalue weighted by molar-refractivity contribution is -0.0450. The highest BCUT2D eigenvalue weighted by Gasteiger charge is 2.52. The Balaban J connectivity index is 0.979. The fourth-order valence-electron chi connectivity index (χ4n) is 8.57. The van der Waals surface area contributed by atoms with Gasteiger partial charge in [0.2, 0.25) is 0 Å². The largest absolute Gasteiger partial charge is 0.491 e. The van der Waals surface area contributed by atoms with Crippen LogP contribution >= 0.6 is 0 Å². The van der Waals surface area contributed by atoms with Gasteiger partial charge in [0, 0.05) is 24.5 Å². The Morgan fingerprint density at radius 2 is 1.56 bits per heavy atom. The molecule has 4 aliphatic carbocycles. The quantitative estimate of drug-likeness (QED) is 0.403. The summed E-state index contributed by atoms with van der Waals surface area (Å²) in [6.07, 6.45) is 17.0. The van der Waals surface area contributed by atoms with E-state index in [2.05, 4.69) is 60.0 Å². The average Bonchev–Trinajstić information content (AvgIpc) is 3.22. The summed E-state index contributed by atoms with van der Waals surface area (Å²) in [6.45, 7) is 8.51. The summed E-state index contributed by atoms with van der Waals surface area (Å²) in [5, 5.41) is 0. The van der Waals surface area contributed by atoms with Crippen LogP contribution in [0.25, 0.3) is 0 Å². The minimum absolute atomic E-state index is 0.139. The van der Waals surface area contributed by atoms with Crippen molar-refractivity contribution in [1.82, 2.24) is 14.0 Å². The third-order valence-electron chi connectivity index (χ3n) is 9.80. The first-order valence-corrected chi connectivity index (χ1v) is 14.8. The minimum Gasteiger partial charge on any atom is -0.491 e. The number of rotatable bonds is 9. The van der Waals surface area contributed by atoms with Crippen LogP contribution in [0.15, 0.2) is 41.5 Å². The molecular formula is C31H45N3O2. The molecule has 5 aliphatic rings. The average molecular weight is 492 g/mol. The number of hydrogen-bond donors (Lipinski definition) is 0. The fourth-order valence-corrected chi connectivity index (χ4v) is 8.57. The number of imidazole rings is 1. The molecule has 196 valence electrons. The highest BCUT2D eigenvalue weighted by molar-refractivity contribution is 5.36. The molecule has 36 heavy (non-hydrogen) atoms. The van der Waals surface area contributed by atoms with Crippen LogP contribution < -0.4 is 10.4 Å². The number of aryl methyl sites for hydroxylation is 1. The van der Waals surface area contributed by atoms with E-state index in [-0.39, 0.29) is 17.3 Å². The molecule has 5 fully saturated rings. The summed E-state index contributed by atoms with van der Waals surface area (Å²) in [5.74, 6) is 4.27. The standard InChI is InChI=1S/C31H45N3O2/c1-23(2)36-29-8-4-3-7-28(29)27-9-13-32(14-10-27)11-5-6-12-33-15-16-34(30(33)35)31-20-24-17-25(21-31)19-26(18-24)22-31/h3-4,7-8,15-16,23-27H,5-6,9-14,17-22H2,1-2H3. The Morgan fingerprint density at radius 3 is 2.22 bits per heavy atom. The van der Waals surface area contributed by atoms with Crippen molar-refractivity contribution in [2.24, 2.45) is 17.8 Å². The molecule has 1 aliphatic heterocycles. The Hall–Kier alpha value is -2.01. The molecular weight excluding hydrogens is 446 g/mol.